The van der Waals surface area contributed by atoms with E-state index in [-0.39, 0.29) is 18.3 Å². The van der Waals surface area contributed by atoms with Crippen molar-refractivity contribution in [2.75, 3.05) is 5.32 Å². The van der Waals surface area contributed by atoms with Crippen LogP contribution in [0.5, 0.6) is 0 Å². The third-order valence-corrected chi connectivity index (χ3v) is 3.66. The van der Waals surface area contributed by atoms with E-state index in [1.165, 1.54) is 0 Å². The lowest BCUT2D eigenvalue weighted by atomic mass is 10.0. The lowest BCUT2D eigenvalue weighted by molar-refractivity contribution is -0.117. The fourth-order valence-corrected chi connectivity index (χ4v) is 2.38. The van der Waals surface area contributed by atoms with Crippen LogP contribution in [0.3, 0.4) is 0 Å². The maximum absolute atomic E-state index is 12.0. The molecular weight excluding hydrogens is 302 g/mol. The zero-order valence-electron chi connectivity index (χ0n) is 12.8. The summed E-state index contributed by atoms with van der Waals surface area (Å²) >= 11 is 0. The molecule has 1 aliphatic carbocycles. The Balaban J connectivity index is 0.00000176. The van der Waals surface area contributed by atoms with Crippen molar-refractivity contribution in [2.24, 2.45) is 11.7 Å². The number of nitrogens with zero attached hydrogens (tertiary/aromatic N) is 1. The van der Waals surface area contributed by atoms with E-state index < -0.39 is 6.04 Å². The van der Waals surface area contributed by atoms with Crippen LogP contribution in [0.2, 0.25) is 0 Å². The van der Waals surface area contributed by atoms with E-state index in [4.69, 9.17) is 10.2 Å². The fraction of sp³-hybridized carbons (Fsp3) is 0.500. The van der Waals surface area contributed by atoms with Gasteiger partial charge in [0.1, 0.15) is 5.52 Å². The average molecular weight is 324 g/mol. The molecule has 0 radical (unpaired) electrons. The number of fused-ring (bicyclic) bond motifs is 1. The second-order valence-electron chi connectivity index (χ2n) is 6.23. The molecule has 1 aromatic carbocycles. The van der Waals surface area contributed by atoms with Gasteiger partial charge in [0.05, 0.1) is 6.04 Å². The predicted octanol–water partition coefficient (Wildman–Crippen LogP) is 3.44. The Morgan fingerprint density at radius 1 is 1.45 bits per heavy atom. The molecule has 3 N–H and O–H groups in total. The van der Waals surface area contributed by atoms with Crippen LogP contribution in [0.1, 0.15) is 44.9 Å². The van der Waals surface area contributed by atoms with Gasteiger partial charge in [-0.05, 0) is 43.4 Å². The highest BCUT2D eigenvalue weighted by Crippen LogP contribution is 2.40. The standard InChI is InChI=1S/C16H21N3O2.ClH/c1-9(2)7-12(17)15(20)18-11-5-6-14-13(8-11)19-16(21-14)10-3-4-10;/h5-6,8-10,12H,3-4,7,17H2,1-2H3,(H,18,20);1H/t12-;/m0./s1. The van der Waals surface area contributed by atoms with E-state index in [1.807, 2.05) is 32.0 Å². The molecule has 1 aliphatic rings. The number of halogens is 1. The van der Waals surface area contributed by atoms with Crippen molar-refractivity contribution in [1.29, 1.82) is 0 Å². The number of amides is 1. The van der Waals surface area contributed by atoms with Gasteiger partial charge in [-0.2, -0.15) is 0 Å². The molecule has 6 heteroatoms. The molecule has 1 heterocycles. The van der Waals surface area contributed by atoms with Crippen molar-refractivity contribution in [1.82, 2.24) is 4.98 Å². The molecule has 22 heavy (non-hydrogen) atoms. The number of rotatable bonds is 5. The lowest BCUT2D eigenvalue weighted by Gasteiger charge is -2.14. The molecule has 1 saturated carbocycles. The molecule has 0 aliphatic heterocycles. The van der Waals surface area contributed by atoms with Crippen LogP contribution < -0.4 is 11.1 Å². The van der Waals surface area contributed by atoms with Crippen LogP contribution in [0.4, 0.5) is 5.69 Å². The Labute approximate surface area is 136 Å². The van der Waals surface area contributed by atoms with Gasteiger partial charge >= 0.3 is 0 Å². The highest BCUT2D eigenvalue weighted by atomic mass is 35.5. The van der Waals surface area contributed by atoms with Gasteiger partial charge in [-0.1, -0.05) is 13.8 Å². The highest BCUT2D eigenvalue weighted by Gasteiger charge is 2.28. The number of anilines is 1. The number of hydrogen-bond acceptors (Lipinski definition) is 4. The molecule has 120 valence electrons. The van der Waals surface area contributed by atoms with Crippen LogP contribution in [0.15, 0.2) is 22.6 Å². The predicted molar refractivity (Wildman–Crippen MR) is 89.3 cm³/mol. The van der Waals surface area contributed by atoms with Gasteiger partial charge < -0.3 is 15.5 Å². The molecule has 0 bridgehead atoms. The monoisotopic (exact) mass is 323 g/mol. The lowest BCUT2D eigenvalue weighted by Crippen LogP contribution is -2.36. The Kier molecular flexibility index (Phi) is 5.08. The molecule has 3 rings (SSSR count). The van der Waals surface area contributed by atoms with E-state index in [0.29, 0.717) is 23.9 Å². The number of carbonyl (C=O) groups excluding carboxylic acids is 1. The summed E-state index contributed by atoms with van der Waals surface area (Å²) in [6, 6.07) is 5.02. The quantitative estimate of drug-likeness (QED) is 0.883. The summed E-state index contributed by atoms with van der Waals surface area (Å²) in [6.45, 7) is 4.10. The molecule has 5 nitrogen and oxygen atoms in total. The van der Waals surface area contributed by atoms with Gasteiger partial charge in [0.2, 0.25) is 5.91 Å². The minimum Gasteiger partial charge on any atom is -0.440 e. The van der Waals surface area contributed by atoms with Crippen molar-refractivity contribution in [3.63, 3.8) is 0 Å². The van der Waals surface area contributed by atoms with Gasteiger partial charge in [-0.3, -0.25) is 4.79 Å². The third kappa shape index (κ3) is 3.78. The average Bonchev–Trinajstić information content (AvgIpc) is 3.18. The topological polar surface area (TPSA) is 81.2 Å². The van der Waals surface area contributed by atoms with Gasteiger partial charge in [-0.25, -0.2) is 4.98 Å². The highest BCUT2D eigenvalue weighted by molar-refractivity contribution is 5.96. The first kappa shape index (κ1) is 16.8. The Morgan fingerprint density at radius 3 is 2.82 bits per heavy atom. The molecule has 1 fully saturated rings. The number of nitrogens with two attached hydrogens (primary N) is 1. The summed E-state index contributed by atoms with van der Waals surface area (Å²) in [7, 11) is 0. The second-order valence-corrected chi connectivity index (χ2v) is 6.23. The third-order valence-electron chi connectivity index (χ3n) is 3.66. The van der Waals surface area contributed by atoms with E-state index in [0.717, 1.165) is 29.8 Å². The number of benzene rings is 1. The molecule has 1 amide bonds. The van der Waals surface area contributed by atoms with E-state index in [9.17, 15) is 4.79 Å². The van der Waals surface area contributed by atoms with Crippen LogP contribution >= 0.6 is 12.4 Å². The van der Waals surface area contributed by atoms with Crippen LogP contribution in [0, 0.1) is 5.92 Å². The summed E-state index contributed by atoms with van der Waals surface area (Å²) in [4.78, 5) is 16.5. The van der Waals surface area contributed by atoms with Crippen molar-refractivity contribution in [3.05, 3.63) is 24.1 Å². The molecule has 0 spiro atoms. The number of hydrogen-bond donors (Lipinski definition) is 2. The SMILES string of the molecule is CC(C)C[C@H](N)C(=O)Nc1ccc2oc(C3CC3)nc2c1.Cl. The normalized spacial score (nSPS) is 15.6. The summed E-state index contributed by atoms with van der Waals surface area (Å²) in [5, 5.41) is 2.85. The van der Waals surface area contributed by atoms with Crippen molar-refractivity contribution in [2.45, 2.75) is 45.1 Å². The van der Waals surface area contributed by atoms with Gasteiger partial charge in [0.15, 0.2) is 11.5 Å². The summed E-state index contributed by atoms with van der Waals surface area (Å²) in [5.41, 5.74) is 8.14. The Morgan fingerprint density at radius 2 is 2.18 bits per heavy atom. The number of carbonyl (C=O) groups is 1. The fourth-order valence-electron chi connectivity index (χ4n) is 2.38. The minimum atomic E-state index is -0.486. The number of nitrogens with one attached hydrogen (secondary N) is 1. The zero-order chi connectivity index (χ0) is 15.0. The van der Waals surface area contributed by atoms with Crippen molar-refractivity contribution < 1.29 is 9.21 Å². The first-order valence-electron chi connectivity index (χ1n) is 7.50. The molecular formula is C16H22ClN3O2. The van der Waals surface area contributed by atoms with Crippen LogP contribution in [-0.4, -0.2) is 16.9 Å². The largest absolute Gasteiger partial charge is 0.440 e. The summed E-state index contributed by atoms with van der Waals surface area (Å²) in [5.74, 6) is 1.53. The van der Waals surface area contributed by atoms with Crippen LogP contribution in [-0.2, 0) is 4.79 Å². The van der Waals surface area contributed by atoms with Gasteiger partial charge in [0.25, 0.3) is 0 Å². The number of aromatic nitrogens is 1. The Bertz CT molecular complexity index is 664. The minimum absolute atomic E-state index is 0. The second kappa shape index (κ2) is 6.67. The molecule has 0 saturated heterocycles. The molecule has 1 aromatic heterocycles. The van der Waals surface area contributed by atoms with E-state index >= 15 is 0 Å². The molecule has 2 aromatic rings. The smallest absolute Gasteiger partial charge is 0.241 e. The van der Waals surface area contributed by atoms with E-state index in [2.05, 4.69) is 10.3 Å². The van der Waals surface area contributed by atoms with Gasteiger partial charge in [0, 0.05) is 11.6 Å². The van der Waals surface area contributed by atoms with Gasteiger partial charge in [-0.15, -0.1) is 12.4 Å². The van der Waals surface area contributed by atoms with Crippen LogP contribution in [0.25, 0.3) is 11.1 Å². The first-order chi connectivity index (χ1) is 10.0. The van der Waals surface area contributed by atoms with E-state index in [1.54, 1.807) is 0 Å². The summed E-state index contributed by atoms with van der Waals surface area (Å²) < 4.78 is 5.70. The Hall–Kier alpha value is -1.59. The molecule has 1 atom stereocenters. The summed E-state index contributed by atoms with van der Waals surface area (Å²) in [6.07, 6.45) is 2.98. The maximum Gasteiger partial charge on any atom is 0.241 e. The first-order valence-corrected chi connectivity index (χ1v) is 7.50. The number of oxazole rings is 1. The molecule has 0 unspecified atom stereocenters. The maximum atomic E-state index is 12.0. The van der Waals surface area contributed by atoms with Crippen molar-refractivity contribution >= 4 is 35.1 Å². The zero-order valence-corrected chi connectivity index (χ0v) is 13.7. The van der Waals surface area contributed by atoms with Crippen molar-refractivity contribution in [3.8, 4) is 0 Å².